The van der Waals surface area contributed by atoms with Gasteiger partial charge in [-0.1, -0.05) is 12.8 Å². The van der Waals surface area contributed by atoms with Crippen LogP contribution in [0.3, 0.4) is 0 Å². The molecule has 1 aromatic rings. The van der Waals surface area contributed by atoms with E-state index in [1.807, 2.05) is 0 Å². The van der Waals surface area contributed by atoms with Crippen molar-refractivity contribution in [2.75, 3.05) is 19.1 Å². The first-order chi connectivity index (χ1) is 10.2. The van der Waals surface area contributed by atoms with Crippen LogP contribution in [0.4, 0.5) is 5.69 Å². The molecule has 1 amide bonds. The summed E-state index contributed by atoms with van der Waals surface area (Å²) in [7, 11) is 0. The number of amides is 1. The second-order valence-corrected chi connectivity index (χ2v) is 5.60. The molecule has 6 nitrogen and oxygen atoms in total. The van der Waals surface area contributed by atoms with Crippen LogP contribution in [-0.4, -0.2) is 30.5 Å². The number of fused-ring (bicyclic) bond motifs is 1. The van der Waals surface area contributed by atoms with Gasteiger partial charge >= 0.3 is 0 Å². The summed E-state index contributed by atoms with van der Waals surface area (Å²) in [5.74, 6) is 1.00. The van der Waals surface area contributed by atoms with Crippen LogP contribution >= 0.6 is 0 Å². The van der Waals surface area contributed by atoms with E-state index in [0.717, 1.165) is 25.7 Å². The van der Waals surface area contributed by atoms with Crippen LogP contribution in [0.25, 0.3) is 0 Å². The number of rotatable bonds is 3. The minimum atomic E-state index is -0.226. The highest BCUT2D eigenvalue weighted by atomic mass is 16.7. The molecular weight excluding hydrogens is 272 g/mol. The lowest BCUT2D eigenvalue weighted by atomic mass is 9.85. The summed E-state index contributed by atoms with van der Waals surface area (Å²) >= 11 is 0. The van der Waals surface area contributed by atoms with Crippen molar-refractivity contribution < 1.29 is 19.4 Å². The SMILES string of the molecule is Nc1cc2c(cc1C(=O)NC1CCCCC1CO)OCO2. The minimum absolute atomic E-state index is 0.000993. The van der Waals surface area contributed by atoms with Crippen LogP contribution in [0.15, 0.2) is 12.1 Å². The number of nitrogens with one attached hydrogen (secondary N) is 1. The standard InChI is InChI=1S/C15H20N2O4/c16-11-6-14-13(20-8-21-14)5-10(11)15(19)17-12-4-2-1-3-9(12)7-18/h5-6,9,12,18H,1-4,7-8,16H2,(H,17,19). The number of hydrogen-bond acceptors (Lipinski definition) is 5. The summed E-state index contributed by atoms with van der Waals surface area (Å²) in [4.78, 5) is 12.4. The fraction of sp³-hybridized carbons (Fsp3) is 0.533. The van der Waals surface area contributed by atoms with Gasteiger partial charge in [-0.3, -0.25) is 4.79 Å². The molecule has 6 heteroatoms. The molecular formula is C15H20N2O4. The first kappa shape index (κ1) is 14.0. The molecule has 0 spiro atoms. The van der Waals surface area contributed by atoms with Crippen LogP contribution in [0.2, 0.25) is 0 Å². The monoisotopic (exact) mass is 292 g/mol. The molecule has 1 aliphatic carbocycles. The second-order valence-electron chi connectivity index (χ2n) is 5.60. The van der Waals surface area contributed by atoms with E-state index in [2.05, 4.69) is 5.32 Å². The molecule has 2 atom stereocenters. The summed E-state index contributed by atoms with van der Waals surface area (Å²) in [6, 6.07) is 3.23. The van der Waals surface area contributed by atoms with Gasteiger partial charge in [0.2, 0.25) is 6.79 Å². The Morgan fingerprint density at radius 3 is 2.76 bits per heavy atom. The van der Waals surface area contributed by atoms with Crippen LogP contribution in [0, 0.1) is 5.92 Å². The number of nitrogen functional groups attached to an aromatic ring is 1. The van der Waals surface area contributed by atoms with Gasteiger partial charge in [0.25, 0.3) is 5.91 Å². The Morgan fingerprint density at radius 1 is 1.29 bits per heavy atom. The molecule has 114 valence electrons. The number of aliphatic hydroxyl groups is 1. The summed E-state index contributed by atoms with van der Waals surface area (Å²) in [5, 5.41) is 12.4. The molecule has 0 aromatic heterocycles. The summed E-state index contributed by atoms with van der Waals surface area (Å²) < 4.78 is 10.5. The third-order valence-electron chi connectivity index (χ3n) is 4.25. The first-order valence-corrected chi connectivity index (χ1v) is 7.30. The number of nitrogens with two attached hydrogens (primary N) is 1. The lowest BCUT2D eigenvalue weighted by Gasteiger charge is -2.31. The Hall–Kier alpha value is -1.95. The van der Waals surface area contributed by atoms with E-state index in [4.69, 9.17) is 15.2 Å². The van der Waals surface area contributed by atoms with E-state index < -0.39 is 0 Å². The number of carbonyl (C=O) groups excluding carboxylic acids is 1. The predicted molar refractivity (Wildman–Crippen MR) is 77.3 cm³/mol. The topological polar surface area (TPSA) is 93.8 Å². The average Bonchev–Trinajstić information content (AvgIpc) is 2.94. The molecule has 2 unspecified atom stereocenters. The molecule has 1 saturated carbocycles. The third-order valence-corrected chi connectivity index (χ3v) is 4.25. The van der Waals surface area contributed by atoms with Crippen molar-refractivity contribution in [1.29, 1.82) is 0 Å². The van der Waals surface area contributed by atoms with Gasteiger partial charge in [-0.15, -0.1) is 0 Å². The number of aliphatic hydroxyl groups excluding tert-OH is 1. The largest absolute Gasteiger partial charge is 0.454 e. The highest BCUT2D eigenvalue weighted by molar-refractivity contribution is 6.00. The second kappa shape index (κ2) is 5.81. The smallest absolute Gasteiger partial charge is 0.253 e. The zero-order valence-electron chi connectivity index (χ0n) is 11.8. The Balaban J connectivity index is 1.76. The molecule has 4 N–H and O–H groups in total. The molecule has 21 heavy (non-hydrogen) atoms. The summed E-state index contributed by atoms with van der Waals surface area (Å²) in [5.41, 5.74) is 6.68. The number of benzene rings is 1. The predicted octanol–water partition coefficient (Wildman–Crippen LogP) is 1.28. The summed E-state index contributed by atoms with van der Waals surface area (Å²) in [6.45, 7) is 0.247. The Labute approximate surface area is 123 Å². The van der Waals surface area contributed by atoms with E-state index in [-0.39, 0.29) is 31.3 Å². The van der Waals surface area contributed by atoms with Gasteiger partial charge in [0, 0.05) is 30.3 Å². The molecule has 3 rings (SSSR count). The highest BCUT2D eigenvalue weighted by Gasteiger charge is 2.27. The van der Waals surface area contributed by atoms with Gasteiger partial charge in [0.1, 0.15) is 0 Å². The van der Waals surface area contributed by atoms with Crippen LogP contribution in [-0.2, 0) is 0 Å². The maximum absolute atomic E-state index is 12.4. The Morgan fingerprint density at radius 2 is 2.00 bits per heavy atom. The van der Waals surface area contributed by atoms with Crippen molar-refractivity contribution in [1.82, 2.24) is 5.32 Å². The Bertz CT molecular complexity index is 547. The molecule has 1 heterocycles. The number of ether oxygens (including phenoxy) is 2. The first-order valence-electron chi connectivity index (χ1n) is 7.30. The molecule has 1 aliphatic heterocycles. The van der Waals surface area contributed by atoms with E-state index in [1.54, 1.807) is 12.1 Å². The highest BCUT2D eigenvalue weighted by Crippen LogP contribution is 2.36. The van der Waals surface area contributed by atoms with Gasteiger partial charge in [-0.25, -0.2) is 0 Å². The van der Waals surface area contributed by atoms with E-state index in [0.29, 0.717) is 22.7 Å². The minimum Gasteiger partial charge on any atom is -0.454 e. The van der Waals surface area contributed by atoms with Gasteiger partial charge in [0.15, 0.2) is 11.5 Å². The van der Waals surface area contributed by atoms with Gasteiger partial charge in [0.05, 0.1) is 5.56 Å². The lowest BCUT2D eigenvalue weighted by molar-refractivity contribution is 0.0873. The fourth-order valence-electron chi connectivity index (χ4n) is 3.02. The van der Waals surface area contributed by atoms with Crippen molar-refractivity contribution in [3.8, 4) is 11.5 Å². The van der Waals surface area contributed by atoms with Crippen LogP contribution in [0.1, 0.15) is 36.0 Å². The number of carbonyl (C=O) groups is 1. The molecule has 1 fully saturated rings. The molecule has 0 bridgehead atoms. The van der Waals surface area contributed by atoms with E-state index in [1.165, 1.54) is 0 Å². The molecule has 1 aromatic carbocycles. The molecule has 0 saturated heterocycles. The zero-order chi connectivity index (χ0) is 14.8. The van der Waals surface area contributed by atoms with Gasteiger partial charge in [-0.05, 0) is 18.9 Å². The molecule has 2 aliphatic rings. The zero-order valence-corrected chi connectivity index (χ0v) is 11.8. The Kier molecular flexibility index (Phi) is 3.88. The number of anilines is 1. The fourth-order valence-corrected chi connectivity index (χ4v) is 3.02. The average molecular weight is 292 g/mol. The quantitative estimate of drug-likeness (QED) is 0.730. The van der Waals surface area contributed by atoms with Crippen LogP contribution < -0.4 is 20.5 Å². The maximum Gasteiger partial charge on any atom is 0.253 e. The van der Waals surface area contributed by atoms with Crippen molar-refractivity contribution in [2.45, 2.75) is 31.7 Å². The normalized spacial score (nSPS) is 23.9. The molecule has 0 radical (unpaired) electrons. The van der Waals surface area contributed by atoms with Crippen molar-refractivity contribution >= 4 is 11.6 Å². The van der Waals surface area contributed by atoms with E-state index in [9.17, 15) is 9.90 Å². The van der Waals surface area contributed by atoms with Gasteiger partial charge < -0.3 is 25.6 Å². The van der Waals surface area contributed by atoms with Crippen LogP contribution in [0.5, 0.6) is 11.5 Å². The van der Waals surface area contributed by atoms with Crippen molar-refractivity contribution in [3.63, 3.8) is 0 Å². The van der Waals surface area contributed by atoms with E-state index >= 15 is 0 Å². The number of hydrogen-bond donors (Lipinski definition) is 3. The summed E-state index contributed by atoms with van der Waals surface area (Å²) in [6.07, 6.45) is 4.00. The van der Waals surface area contributed by atoms with Crippen molar-refractivity contribution in [3.05, 3.63) is 17.7 Å². The third kappa shape index (κ3) is 2.76. The van der Waals surface area contributed by atoms with Crippen molar-refractivity contribution in [2.24, 2.45) is 5.92 Å². The lowest BCUT2D eigenvalue weighted by Crippen LogP contribution is -2.43. The maximum atomic E-state index is 12.4. The van der Waals surface area contributed by atoms with Gasteiger partial charge in [-0.2, -0.15) is 0 Å².